The van der Waals surface area contributed by atoms with Gasteiger partial charge in [0.2, 0.25) is 0 Å². The molecule has 0 unspecified atom stereocenters. The summed E-state index contributed by atoms with van der Waals surface area (Å²) in [6.07, 6.45) is 2.91. The fourth-order valence-corrected chi connectivity index (χ4v) is 0.891. The van der Waals surface area contributed by atoms with E-state index in [1.807, 2.05) is 19.2 Å². The fraction of sp³-hybridized carbons (Fsp3) is 0.375. The van der Waals surface area contributed by atoms with Crippen molar-refractivity contribution in [2.75, 3.05) is 0 Å². The van der Waals surface area contributed by atoms with Gasteiger partial charge in [-0.3, -0.25) is 4.98 Å². The predicted octanol–water partition coefficient (Wildman–Crippen LogP) is 2.11. The predicted molar refractivity (Wildman–Crippen MR) is 43.4 cm³/mol. The summed E-state index contributed by atoms with van der Waals surface area (Å²) in [7, 11) is 0. The molecule has 1 rings (SSSR count). The number of nitrogens with zero attached hydrogens (tertiary/aromatic N) is 1. The van der Waals surface area contributed by atoms with Crippen molar-refractivity contribution in [3.05, 3.63) is 29.6 Å². The van der Waals surface area contributed by atoms with Crippen LogP contribution >= 0.6 is 0 Å². The zero-order chi connectivity index (χ0) is 6.69. The Bertz CT molecular complexity index is 196. The van der Waals surface area contributed by atoms with Crippen LogP contribution in [0.15, 0.2) is 18.3 Å². The Balaban J connectivity index is 0.000000810. The molecular weight excluding hydrogens is 124 g/mol. The number of aromatic nitrogens is 1. The van der Waals surface area contributed by atoms with Crippen molar-refractivity contribution in [2.45, 2.75) is 20.3 Å². The van der Waals surface area contributed by atoms with Gasteiger partial charge in [-0.05, 0) is 25.0 Å². The van der Waals surface area contributed by atoms with Gasteiger partial charge in [0.25, 0.3) is 0 Å². The molecule has 0 aliphatic rings. The molecule has 0 amide bonds. The van der Waals surface area contributed by atoms with Crippen LogP contribution in [0.25, 0.3) is 0 Å². The topological polar surface area (TPSA) is 47.9 Å². The number of pyridine rings is 1. The van der Waals surface area contributed by atoms with Crippen LogP contribution in [0.2, 0.25) is 0 Å². The first-order valence-corrected chi connectivity index (χ1v) is 3.25. The molecule has 56 valence electrons. The first-order valence-electron chi connectivity index (χ1n) is 3.25. The van der Waals surface area contributed by atoms with Gasteiger partial charge in [0.05, 0.1) is 0 Å². The fourth-order valence-electron chi connectivity index (χ4n) is 0.891. The highest BCUT2D eigenvalue weighted by Gasteiger charge is 1.91. The van der Waals surface area contributed by atoms with Gasteiger partial charge in [-0.15, -0.1) is 0 Å². The minimum Gasteiger partial charge on any atom is -0.344 e. The average Bonchev–Trinajstić information content (AvgIpc) is 1.89. The van der Waals surface area contributed by atoms with Gasteiger partial charge in [0.1, 0.15) is 0 Å². The number of hydrogen-bond acceptors (Lipinski definition) is 2. The van der Waals surface area contributed by atoms with Crippen LogP contribution in [0, 0.1) is 6.92 Å². The van der Waals surface area contributed by atoms with Crippen LogP contribution in [-0.2, 0) is 6.42 Å². The maximum absolute atomic E-state index is 4.15. The van der Waals surface area contributed by atoms with E-state index in [1.54, 1.807) is 0 Å². The maximum Gasteiger partial charge on any atom is 0.0404 e. The van der Waals surface area contributed by atoms with E-state index in [0.29, 0.717) is 0 Å². The molecule has 10 heavy (non-hydrogen) atoms. The number of rotatable bonds is 1. The van der Waals surface area contributed by atoms with Crippen LogP contribution in [0.4, 0.5) is 0 Å². The van der Waals surface area contributed by atoms with Crippen molar-refractivity contribution in [3.8, 4) is 0 Å². The van der Waals surface area contributed by atoms with Crippen LogP contribution in [-0.4, -0.2) is 4.98 Å². The van der Waals surface area contributed by atoms with Crippen LogP contribution < -0.4 is 6.15 Å². The van der Waals surface area contributed by atoms with E-state index >= 15 is 0 Å². The Morgan fingerprint density at radius 1 is 1.50 bits per heavy atom. The van der Waals surface area contributed by atoms with E-state index < -0.39 is 0 Å². The van der Waals surface area contributed by atoms with Crippen molar-refractivity contribution in [2.24, 2.45) is 0 Å². The molecule has 0 radical (unpaired) electrons. The van der Waals surface area contributed by atoms with Crippen molar-refractivity contribution >= 4 is 0 Å². The molecule has 1 aromatic rings. The lowest BCUT2D eigenvalue weighted by Crippen LogP contribution is -1.87. The van der Waals surface area contributed by atoms with E-state index in [-0.39, 0.29) is 6.15 Å². The zero-order valence-corrected chi connectivity index (χ0v) is 6.59. The first kappa shape index (κ1) is 9.11. The summed E-state index contributed by atoms with van der Waals surface area (Å²) in [5, 5.41) is 0. The van der Waals surface area contributed by atoms with Crippen molar-refractivity contribution in [3.63, 3.8) is 0 Å². The molecule has 0 aliphatic heterocycles. The standard InChI is InChI=1S/C8H11N.H3N/c1-3-8-5-4-6-9-7(8)2;/h4-6H,3H2,1-2H3;1H3. The largest absolute Gasteiger partial charge is 0.344 e. The van der Waals surface area contributed by atoms with E-state index in [0.717, 1.165) is 12.1 Å². The van der Waals surface area contributed by atoms with Gasteiger partial charge in [-0.1, -0.05) is 13.0 Å². The van der Waals surface area contributed by atoms with Gasteiger partial charge in [-0.25, -0.2) is 0 Å². The molecule has 0 saturated carbocycles. The lowest BCUT2D eigenvalue weighted by atomic mass is 10.2. The summed E-state index contributed by atoms with van der Waals surface area (Å²) in [6.45, 7) is 4.18. The molecule has 0 bridgehead atoms. The molecule has 3 N–H and O–H groups in total. The zero-order valence-electron chi connectivity index (χ0n) is 6.59. The highest BCUT2D eigenvalue weighted by Crippen LogP contribution is 2.02. The Labute approximate surface area is 61.9 Å². The lowest BCUT2D eigenvalue weighted by Gasteiger charge is -1.97. The summed E-state index contributed by atoms with van der Waals surface area (Å²) in [5.41, 5.74) is 2.50. The lowest BCUT2D eigenvalue weighted by molar-refractivity contribution is 1.05. The molecule has 2 heteroatoms. The van der Waals surface area contributed by atoms with Crippen molar-refractivity contribution < 1.29 is 0 Å². The van der Waals surface area contributed by atoms with Gasteiger partial charge in [0, 0.05) is 11.9 Å². The van der Waals surface area contributed by atoms with Crippen LogP contribution in [0.5, 0.6) is 0 Å². The van der Waals surface area contributed by atoms with Crippen LogP contribution in [0.1, 0.15) is 18.2 Å². The van der Waals surface area contributed by atoms with Crippen LogP contribution in [0.3, 0.4) is 0 Å². The summed E-state index contributed by atoms with van der Waals surface area (Å²) in [6, 6.07) is 4.09. The third kappa shape index (κ3) is 1.81. The SMILES string of the molecule is CCc1cccnc1C.N. The van der Waals surface area contributed by atoms with E-state index in [2.05, 4.69) is 18.0 Å². The second kappa shape index (κ2) is 4.01. The van der Waals surface area contributed by atoms with Gasteiger partial charge in [-0.2, -0.15) is 0 Å². The maximum atomic E-state index is 4.15. The quantitative estimate of drug-likeness (QED) is 0.646. The first-order chi connectivity index (χ1) is 4.34. The summed E-state index contributed by atoms with van der Waals surface area (Å²) in [4.78, 5) is 4.15. The third-order valence-corrected chi connectivity index (χ3v) is 1.50. The Hall–Kier alpha value is -0.890. The average molecular weight is 138 g/mol. The molecule has 1 heterocycles. The minimum absolute atomic E-state index is 0. The molecule has 0 aromatic carbocycles. The summed E-state index contributed by atoms with van der Waals surface area (Å²) >= 11 is 0. The molecule has 2 nitrogen and oxygen atoms in total. The number of hydrogen-bond donors (Lipinski definition) is 1. The molecule has 1 aromatic heterocycles. The summed E-state index contributed by atoms with van der Waals surface area (Å²) < 4.78 is 0. The third-order valence-electron chi connectivity index (χ3n) is 1.50. The van der Waals surface area contributed by atoms with E-state index in [9.17, 15) is 0 Å². The molecule has 0 spiro atoms. The van der Waals surface area contributed by atoms with Gasteiger partial charge >= 0.3 is 0 Å². The Morgan fingerprint density at radius 3 is 2.60 bits per heavy atom. The molecule has 0 atom stereocenters. The molecule has 0 saturated heterocycles. The second-order valence-electron chi connectivity index (χ2n) is 2.10. The van der Waals surface area contributed by atoms with Gasteiger partial charge < -0.3 is 6.15 Å². The molecular formula is C8H14N2. The smallest absolute Gasteiger partial charge is 0.0404 e. The van der Waals surface area contributed by atoms with E-state index in [1.165, 1.54) is 5.56 Å². The monoisotopic (exact) mass is 138 g/mol. The minimum atomic E-state index is 0. The van der Waals surface area contributed by atoms with E-state index in [4.69, 9.17) is 0 Å². The Kier molecular flexibility index (Phi) is 3.65. The molecule has 0 fully saturated rings. The normalized spacial score (nSPS) is 8.60. The Morgan fingerprint density at radius 2 is 2.20 bits per heavy atom. The highest BCUT2D eigenvalue weighted by atomic mass is 14.7. The second-order valence-corrected chi connectivity index (χ2v) is 2.10. The van der Waals surface area contributed by atoms with Gasteiger partial charge in [0.15, 0.2) is 0 Å². The summed E-state index contributed by atoms with van der Waals surface area (Å²) in [5.74, 6) is 0. The number of aryl methyl sites for hydroxylation is 2. The molecule has 0 aliphatic carbocycles. The van der Waals surface area contributed by atoms with Crippen molar-refractivity contribution in [1.29, 1.82) is 0 Å². The highest BCUT2D eigenvalue weighted by molar-refractivity contribution is 5.17. The van der Waals surface area contributed by atoms with Crippen molar-refractivity contribution in [1.82, 2.24) is 11.1 Å².